The predicted molar refractivity (Wildman–Crippen MR) is 62.2 cm³/mol. The molecular formula is C11H20N2O3. The van der Waals surface area contributed by atoms with E-state index in [9.17, 15) is 9.59 Å². The fourth-order valence-electron chi connectivity index (χ4n) is 1.25. The summed E-state index contributed by atoms with van der Waals surface area (Å²) in [6, 6.07) is -1.23. The highest BCUT2D eigenvalue weighted by Gasteiger charge is 2.24. The summed E-state index contributed by atoms with van der Waals surface area (Å²) in [6.07, 6.45) is 1.61. The van der Waals surface area contributed by atoms with Gasteiger partial charge >= 0.3 is 12.0 Å². The first-order chi connectivity index (χ1) is 7.43. The molecule has 0 aliphatic heterocycles. The van der Waals surface area contributed by atoms with E-state index in [4.69, 9.17) is 5.11 Å². The number of amides is 2. The number of aliphatic carboxylic acids is 1. The SMILES string of the molecule is C=CCN(CC)C(=O)N[C@@H](C(=O)O)C(C)C. The van der Waals surface area contributed by atoms with E-state index in [1.54, 1.807) is 19.9 Å². The average Bonchev–Trinajstić information content (AvgIpc) is 2.21. The molecule has 0 saturated heterocycles. The lowest BCUT2D eigenvalue weighted by Gasteiger charge is -2.24. The molecule has 0 aromatic carbocycles. The fraction of sp³-hybridized carbons (Fsp3) is 0.636. The zero-order valence-corrected chi connectivity index (χ0v) is 10.1. The zero-order valence-electron chi connectivity index (χ0n) is 10.1. The van der Waals surface area contributed by atoms with Crippen molar-refractivity contribution in [3.63, 3.8) is 0 Å². The quantitative estimate of drug-likeness (QED) is 0.673. The molecule has 0 aromatic heterocycles. The van der Waals surface area contributed by atoms with Gasteiger partial charge in [0, 0.05) is 13.1 Å². The lowest BCUT2D eigenvalue weighted by atomic mass is 10.1. The Labute approximate surface area is 96.1 Å². The van der Waals surface area contributed by atoms with E-state index in [0.717, 1.165) is 0 Å². The molecule has 0 spiro atoms. The number of carbonyl (C=O) groups is 2. The Bertz CT molecular complexity index is 264. The topological polar surface area (TPSA) is 69.6 Å². The van der Waals surface area contributed by atoms with Gasteiger partial charge in [0.05, 0.1) is 0 Å². The standard InChI is InChI=1S/C11H20N2O3/c1-5-7-13(6-2)11(16)12-9(8(3)4)10(14)15/h5,8-9H,1,6-7H2,2-4H3,(H,12,16)(H,14,15)/t9-/m1/s1. The number of nitrogens with one attached hydrogen (secondary N) is 1. The molecule has 0 radical (unpaired) electrons. The van der Waals surface area contributed by atoms with Crippen LogP contribution in [0.1, 0.15) is 20.8 Å². The van der Waals surface area contributed by atoms with E-state index in [1.165, 1.54) is 4.90 Å². The van der Waals surface area contributed by atoms with Gasteiger partial charge in [0.1, 0.15) is 6.04 Å². The van der Waals surface area contributed by atoms with Crippen molar-refractivity contribution in [1.29, 1.82) is 0 Å². The Hall–Kier alpha value is -1.52. The van der Waals surface area contributed by atoms with Crippen LogP contribution in [-0.4, -0.2) is 41.1 Å². The van der Waals surface area contributed by atoms with Crippen LogP contribution in [0.5, 0.6) is 0 Å². The first-order valence-corrected chi connectivity index (χ1v) is 5.33. The molecule has 0 fully saturated rings. The molecule has 16 heavy (non-hydrogen) atoms. The van der Waals surface area contributed by atoms with Crippen molar-refractivity contribution in [3.8, 4) is 0 Å². The maximum absolute atomic E-state index is 11.7. The number of hydrogen-bond acceptors (Lipinski definition) is 2. The predicted octanol–water partition coefficient (Wildman–Crippen LogP) is 1.31. The highest BCUT2D eigenvalue weighted by atomic mass is 16.4. The molecule has 0 heterocycles. The number of likely N-dealkylation sites (N-methyl/N-ethyl adjacent to an activating group) is 1. The second kappa shape index (κ2) is 6.87. The summed E-state index contributed by atoms with van der Waals surface area (Å²) in [6.45, 7) is 9.80. The molecule has 0 bridgehead atoms. The minimum Gasteiger partial charge on any atom is -0.480 e. The summed E-state index contributed by atoms with van der Waals surface area (Å²) in [5, 5.41) is 11.4. The number of urea groups is 1. The van der Waals surface area contributed by atoms with Crippen LogP contribution in [0.3, 0.4) is 0 Å². The molecule has 0 aliphatic carbocycles. The molecule has 0 aromatic rings. The molecular weight excluding hydrogens is 208 g/mol. The molecule has 1 atom stereocenters. The summed E-state index contributed by atoms with van der Waals surface area (Å²) < 4.78 is 0. The largest absolute Gasteiger partial charge is 0.480 e. The molecule has 5 nitrogen and oxygen atoms in total. The van der Waals surface area contributed by atoms with E-state index in [2.05, 4.69) is 11.9 Å². The maximum Gasteiger partial charge on any atom is 0.326 e. The van der Waals surface area contributed by atoms with Crippen molar-refractivity contribution in [2.75, 3.05) is 13.1 Å². The van der Waals surface area contributed by atoms with E-state index in [0.29, 0.717) is 13.1 Å². The minimum absolute atomic E-state index is 0.149. The van der Waals surface area contributed by atoms with Crippen LogP contribution in [0, 0.1) is 5.92 Å². The van der Waals surface area contributed by atoms with Crippen LogP contribution in [0.4, 0.5) is 4.79 Å². The van der Waals surface area contributed by atoms with Crippen LogP contribution < -0.4 is 5.32 Å². The van der Waals surface area contributed by atoms with Gasteiger partial charge in [0.25, 0.3) is 0 Å². The van der Waals surface area contributed by atoms with Gasteiger partial charge in [0.15, 0.2) is 0 Å². The molecule has 92 valence electrons. The number of carboxylic acids is 1. The summed E-state index contributed by atoms with van der Waals surface area (Å²) >= 11 is 0. The second-order valence-electron chi connectivity index (χ2n) is 3.84. The Morgan fingerprint density at radius 2 is 2.06 bits per heavy atom. The normalized spacial score (nSPS) is 12.0. The lowest BCUT2D eigenvalue weighted by molar-refractivity contribution is -0.140. The van der Waals surface area contributed by atoms with Crippen molar-refractivity contribution >= 4 is 12.0 Å². The number of carbonyl (C=O) groups excluding carboxylic acids is 1. The molecule has 0 unspecified atom stereocenters. The van der Waals surface area contributed by atoms with Crippen LogP contribution in [-0.2, 0) is 4.79 Å². The minimum atomic E-state index is -1.02. The van der Waals surface area contributed by atoms with Gasteiger partial charge < -0.3 is 15.3 Å². The van der Waals surface area contributed by atoms with Gasteiger partial charge in [-0.25, -0.2) is 9.59 Å². The van der Waals surface area contributed by atoms with E-state index in [1.807, 2.05) is 6.92 Å². The highest BCUT2D eigenvalue weighted by Crippen LogP contribution is 2.03. The summed E-state index contributed by atoms with van der Waals surface area (Å²) in [4.78, 5) is 24.1. The van der Waals surface area contributed by atoms with Crippen molar-refractivity contribution in [3.05, 3.63) is 12.7 Å². The second-order valence-corrected chi connectivity index (χ2v) is 3.84. The first-order valence-electron chi connectivity index (χ1n) is 5.33. The summed E-state index contributed by atoms with van der Waals surface area (Å²) in [5.41, 5.74) is 0. The smallest absolute Gasteiger partial charge is 0.326 e. The van der Waals surface area contributed by atoms with Crippen LogP contribution >= 0.6 is 0 Å². The Morgan fingerprint density at radius 3 is 2.38 bits per heavy atom. The Balaban J connectivity index is 4.49. The third kappa shape index (κ3) is 4.33. The van der Waals surface area contributed by atoms with Crippen molar-refractivity contribution in [2.45, 2.75) is 26.8 Å². The van der Waals surface area contributed by atoms with Gasteiger partial charge in [-0.15, -0.1) is 6.58 Å². The molecule has 2 amide bonds. The number of hydrogen-bond donors (Lipinski definition) is 2. The number of nitrogens with zero attached hydrogens (tertiary/aromatic N) is 1. The van der Waals surface area contributed by atoms with E-state index in [-0.39, 0.29) is 11.9 Å². The third-order valence-corrected chi connectivity index (χ3v) is 2.23. The molecule has 0 rings (SSSR count). The van der Waals surface area contributed by atoms with Crippen molar-refractivity contribution in [2.24, 2.45) is 5.92 Å². The summed E-state index contributed by atoms with van der Waals surface area (Å²) in [7, 11) is 0. The van der Waals surface area contributed by atoms with Crippen LogP contribution in [0.2, 0.25) is 0 Å². The van der Waals surface area contributed by atoms with Gasteiger partial charge in [0.2, 0.25) is 0 Å². The molecule has 5 heteroatoms. The van der Waals surface area contributed by atoms with Gasteiger partial charge in [-0.05, 0) is 12.8 Å². The number of carboxylic acid groups (broad SMARTS) is 1. The average molecular weight is 228 g/mol. The van der Waals surface area contributed by atoms with E-state index >= 15 is 0 Å². The monoisotopic (exact) mass is 228 g/mol. The Kier molecular flexibility index (Phi) is 6.22. The maximum atomic E-state index is 11.7. The molecule has 0 saturated carbocycles. The zero-order chi connectivity index (χ0) is 12.7. The first kappa shape index (κ1) is 14.5. The summed E-state index contributed by atoms with van der Waals surface area (Å²) in [5.74, 6) is -1.16. The van der Waals surface area contributed by atoms with Crippen molar-refractivity contribution < 1.29 is 14.7 Å². The van der Waals surface area contributed by atoms with Crippen molar-refractivity contribution in [1.82, 2.24) is 10.2 Å². The fourth-order valence-corrected chi connectivity index (χ4v) is 1.25. The highest BCUT2D eigenvalue weighted by molar-refractivity contribution is 5.82. The van der Waals surface area contributed by atoms with E-state index < -0.39 is 12.0 Å². The lowest BCUT2D eigenvalue weighted by Crippen LogP contribution is -2.50. The van der Waals surface area contributed by atoms with Gasteiger partial charge in [-0.3, -0.25) is 0 Å². The molecule has 0 aliphatic rings. The van der Waals surface area contributed by atoms with Gasteiger partial charge in [-0.2, -0.15) is 0 Å². The van der Waals surface area contributed by atoms with Crippen LogP contribution in [0.15, 0.2) is 12.7 Å². The third-order valence-electron chi connectivity index (χ3n) is 2.23. The van der Waals surface area contributed by atoms with Gasteiger partial charge in [-0.1, -0.05) is 19.9 Å². The number of rotatable bonds is 6. The Morgan fingerprint density at radius 1 is 1.50 bits per heavy atom. The van der Waals surface area contributed by atoms with Crippen LogP contribution in [0.25, 0.3) is 0 Å². The molecule has 2 N–H and O–H groups in total.